The summed E-state index contributed by atoms with van der Waals surface area (Å²) in [5.74, 6) is -1.50. The third kappa shape index (κ3) is 6.35. The second-order valence-corrected chi connectivity index (χ2v) is 11.5. The minimum absolute atomic E-state index is 0.105. The molecule has 0 saturated carbocycles. The van der Waals surface area contributed by atoms with Crippen LogP contribution in [0.15, 0.2) is 23.9 Å². The van der Waals surface area contributed by atoms with Gasteiger partial charge in [-0.2, -0.15) is 0 Å². The molecule has 1 aliphatic heterocycles. The van der Waals surface area contributed by atoms with Crippen molar-refractivity contribution in [3.63, 3.8) is 0 Å². The lowest BCUT2D eigenvalue weighted by molar-refractivity contribution is -0.744. The number of carbonyl (C=O) groups is 2. The van der Waals surface area contributed by atoms with E-state index >= 15 is 0 Å². The van der Waals surface area contributed by atoms with Gasteiger partial charge in [0.15, 0.2) is 18.1 Å². The molecule has 21 heteroatoms. The lowest BCUT2D eigenvalue weighted by atomic mass is 10.1. The number of aromatic nitrogens is 5. The van der Waals surface area contributed by atoms with Gasteiger partial charge in [0.05, 0.1) is 17.7 Å². The quantitative estimate of drug-likeness (QED) is 0.0364. The summed E-state index contributed by atoms with van der Waals surface area (Å²) in [4.78, 5) is 72.0. The number of aliphatic hydroxyl groups excluding tert-OH is 1. The smallest absolute Gasteiger partial charge is 0.387 e. The van der Waals surface area contributed by atoms with Crippen LogP contribution in [0.3, 0.4) is 0 Å². The molecule has 4 heterocycles. The van der Waals surface area contributed by atoms with Gasteiger partial charge in [-0.1, -0.05) is 32.7 Å². The first kappa shape index (κ1) is 28.4. The van der Waals surface area contributed by atoms with E-state index in [2.05, 4.69) is 35.4 Å². The molecule has 0 bridgehead atoms. The summed E-state index contributed by atoms with van der Waals surface area (Å²) in [6.45, 7) is -0.825. The van der Waals surface area contributed by atoms with Crippen molar-refractivity contribution < 1.29 is 61.8 Å². The van der Waals surface area contributed by atoms with E-state index in [0.717, 1.165) is 11.8 Å². The molecule has 4 atom stereocenters. The predicted molar refractivity (Wildman–Crippen MR) is 124 cm³/mol. The minimum Gasteiger partial charge on any atom is -0.387 e. The van der Waals surface area contributed by atoms with Crippen molar-refractivity contribution in [2.75, 3.05) is 17.7 Å². The van der Waals surface area contributed by atoms with E-state index in [0.29, 0.717) is 11.2 Å². The number of hydrogen-bond donors (Lipinski definition) is 6. The van der Waals surface area contributed by atoms with E-state index in [9.17, 15) is 33.6 Å². The second-order valence-electron chi connectivity index (χ2n) is 7.57. The normalized spacial score (nSPS) is 22.8. The Morgan fingerprint density at radius 3 is 2.62 bits per heavy atom. The van der Waals surface area contributed by atoms with Crippen molar-refractivity contribution in [3.05, 3.63) is 18.7 Å². The minimum atomic E-state index is -5.18. The highest BCUT2D eigenvalue weighted by Gasteiger charge is 2.51. The summed E-state index contributed by atoms with van der Waals surface area (Å²) < 4.78 is 40.2. The van der Waals surface area contributed by atoms with Gasteiger partial charge in [-0.15, -0.1) is 0 Å². The molecule has 4 rings (SSSR count). The standard InChI is InChI=1S/C16H18BrN5O12P2S/c17-3-7(23)8(24)5-37-16-20-14-10(13-18-1-2-21(13)16)19-6-22(14)15-12(34-36(29,30)31)11(25)9(33-15)4-32-35(26,27)28/h1-2,6,9,11-12,15,25H,3-5H2,(H4,26,27,28,29,30,31)/p+1/t9-,11-,12-,15-/m1/s1. The molecular formula is C16H19BrN5O12P2S+. The highest BCUT2D eigenvalue weighted by atomic mass is 79.9. The Balaban J connectivity index is 1.73. The Bertz CT molecular complexity index is 1440. The van der Waals surface area contributed by atoms with Crippen LogP contribution in [0.1, 0.15) is 6.23 Å². The summed E-state index contributed by atoms with van der Waals surface area (Å²) in [5, 5.41) is 10.7. The van der Waals surface area contributed by atoms with Crippen molar-refractivity contribution in [3.8, 4) is 0 Å². The summed E-state index contributed by atoms with van der Waals surface area (Å²) in [7, 11) is -10.1. The molecule has 37 heavy (non-hydrogen) atoms. The van der Waals surface area contributed by atoms with Gasteiger partial charge in [-0.3, -0.25) is 28.0 Å². The van der Waals surface area contributed by atoms with Crippen molar-refractivity contribution >= 4 is 71.7 Å². The molecule has 1 saturated heterocycles. The van der Waals surface area contributed by atoms with E-state index in [-0.39, 0.29) is 21.9 Å². The Labute approximate surface area is 218 Å². The summed E-state index contributed by atoms with van der Waals surface area (Å²) in [6, 6.07) is 0. The van der Waals surface area contributed by atoms with Crippen molar-refractivity contribution in [2.24, 2.45) is 0 Å². The SMILES string of the molecule is O=C(CBr)C(=O)CSc1nc2c([nH]c[n+]2[C@@H]2O[C@H](COP(=O)(O)O)[C@@H](O)[C@H]2OP(=O)(O)O)c2nccn12. The Hall–Kier alpha value is -1.60. The molecule has 1 fully saturated rings. The molecule has 6 N–H and O–H groups in total. The average molecular weight is 647 g/mol. The number of aromatic amines is 1. The first-order valence-electron chi connectivity index (χ1n) is 10.1. The number of aliphatic hydroxyl groups is 1. The summed E-state index contributed by atoms with van der Waals surface area (Å²) >= 11 is 3.88. The van der Waals surface area contributed by atoms with Crippen LogP contribution in [0, 0.1) is 0 Å². The third-order valence-corrected chi connectivity index (χ3v) is 7.57. The van der Waals surface area contributed by atoms with Gasteiger partial charge in [0.25, 0.3) is 5.16 Å². The monoisotopic (exact) mass is 646 g/mol. The molecular weight excluding hydrogens is 628 g/mol. The van der Waals surface area contributed by atoms with Gasteiger partial charge in [-0.25, -0.2) is 18.7 Å². The Morgan fingerprint density at radius 1 is 1.24 bits per heavy atom. The van der Waals surface area contributed by atoms with E-state index in [1.807, 2.05) is 0 Å². The highest BCUT2D eigenvalue weighted by molar-refractivity contribution is 9.09. The summed E-state index contributed by atoms with van der Waals surface area (Å²) in [6.07, 6.45) is -2.08. The number of fused-ring (bicyclic) bond motifs is 3. The average Bonchev–Trinajstić information content (AvgIpc) is 3.52. The number of rotatable bonds is 11. The Morgan fingerprint density at radius 2 is 1.97 bits per heavy atom. The van der Waals surface area contributed by atoms with Gasteiger partial charge in [-0.05, 0) is 0 Å². The van der Waals surface area contributed by atoms with Gasteiger partial charge in [0.2, 0.25) is 23.3 Å². The van der Waals surface area contributed by atoms with Crippen LogP contribution in [-0.2, 0) is 32.5 Å². The molecule has 0 aromatic carbocycles. The largest absolute Gasteiger partial charge is 0.470 e. The molecule has 1 aliphatic rings. The molecule has 3 aromatic rings. The number of carbonyl (C=O) groups excluding carboxylic acids is 2. The number of ketones is 2. The second kappa shape index (κ2) is 10.9. The fourth-order valence-electron chi connectivity index (χ4n) is 3.56. The Kier molecular flexibility index (Phi) is 8.35. The molecule has 0 spiro atoms. The summed E-state index contributed by atoms with van der Waals surface area (Å²) in [5.41, 5.74) is 0.784. The lowest BCUT2D eigenvalue weighted by Gasteiger charge is -2.19. The number of nitrogens with one attached hydrogen (secondary N) is 1. The van der Waals surface area contributed by atoms with Crippen LogP contribution in [0.25, 0.3) is 16.8 Å². The van der Waals surface area contributed by atoms with Gasteiger partial charge >= 0.3 is 21.3 Å². The van der Waals surface area contributed by atoms with Crippen LogP contribution >= 0.6 is 43.3 Å². The molecule has 0 amide bonds. The van der Waals surface area contributed by atoms with Gasteiger partial charge < -0.3 is 29.4 Å². The first-order chi connectivity index (χ1) is 17.3. The fourth-order valence-corrected chi connectivity index (χ4v) is 5.62. The maximum atomic E-state index is 12.0. The van der Waals surface area contributed by atoms with E-state index < -0.39 is 58.4 Å². The number of H-pyrrole nitrogens is 1. The molecule has 0 unspecified atom stereocenters. The first-order valence-corrected chi connectivity index (χ1v) is 15.2. The number of phosphoric acid groups is 2. The van der Waals surface area contributed by atoms with Crippen LogP contribution in [-0.4, -0.2) is 91.6 Å². The zero-order chi connectivity index (χ0) is 27.1. The number of nitrogens with zero attached hydrogens (tertiary/aromatic N) is 4. The van der Waals surface area contributed by atoms with Crippen LogP contribution in [0.2, 0.25) is 0 Å². The number of imidazole rings is 2. The number of hydrogen-bond acceptors (Lipinski definition) is 11. The third-order valence-electron chi connectivity index (χ3n) is 5.11. The number of thioether (sulfide) groups is 1. The zero-order valence-corrected chi connectivity index (χ0v) is 22.4. The van der Waals surface area contributed by atoms with Gasteiger partial charge in [0.1, 0.15) is 12.2 Å². The fraction of sp³-hybridized carbons (Fsp3) is 0.438. The molecule has 3 aromatic heterocycles. The van der Waals surface area contributed by atoms with E-state index in [4.69, 9.17) is 19.0 Å². The van der Waals surface area contributed by atoms with Crippen LogP contribution in [0.5, 0.6) is 0 Å². The maximum absolute atomic E-state index is 12.0. The zero-order valence-electron chi connectivity index (χ0n) is 18.2. The van der Waals surface area contributed by atoms with Crippen molar-refractivity contribution in [1.82, 2.24) is 19.4 Å². The number of ether oxygens (including phenoxy) is 1. The van der Waals surface area contributed by atoms with E-state index in [1.165, 1.54) is 17.1 Å². The molecule has 0 aliphatic carbocycles. The number of alkyl halides is 1. The number of Topliss-reactive ketones (excluding diaryl/α,β-unsaturated/α-hetero) is 2. The molecule has 202 valence electrons. The molecule has 17 nitrogen and oxygen atoms in total. The molecule has 0 radical (unpaired) electrons. The number of halogens is 1. The topological polar surface area (TPSA) is 247 Å². The van der Waals surface area contributed by atoms with Gasteiger partial charge in [0, 0.05) is 12.4 Å². The van der Waals surface area contributed by atoms with Crippen LogP contribution in [0.4, 0.5) is 0 Å². The predicted octanol–water partition coefficient (Wildman–Crippen LogP) is -1.03. The van der Waals surface area contributed by atoms with Crippen molar-refractivity contribution in [1.29, 1.82) is 0 Å². The lowest BCUT2D eigenvalue weighted by Crippen LogP contribution is -2.46. The highest BCUT2D eigenvalue weighted by Crippen LogP contribution is 2.44. The van der Waals surface area contributed by atoms with E-state index in [1.54, 1.807) is 10.6 Å². The van der Waals surface area contributed by atoms with Crippen molar-refractivity contribution in [2.45, 2.75) is 29.7 Å². The van der Waals surface area contributed by atoms with Crippen LogP contribution < -0.4 is 4.57 Å². The maximum Gasteiger partial charge on any atom is 0.470 e. The number of phosphoric ester groups is 2.